The maximum absolute atomic E-state index is 12.0. The monoisotopic (exact) mass is 361 g/mol. The number of hydrogen-bond acceptors (Lipinski definition) is 5. The zero-order valence-corrected chi connectivity index (χ0v) is 14.8. The molecule has 1 aromatic heterocycles. The van der Waals surface area contributed by atoms with E-state index in [1.54, 1.807) is 41.8 Å². The minimum Gasteiger partial charge on any atom is -0.497 e. The number of anilines is 1. The van der Waals surface area contributed by atoms with E-state index in [0.29, 0.717) is 16.3 Å². The molecule has 1 heterocycles. The predicted octanol–water partition coefficient (Wildman–Crippen LogP) is 1.58. The van der Waals surface area contributed by atoms with Crippen molar-refractivity contribution in [3.63, 3.8) is 0 Å². The maximum Gasteiger partial charge on any atom is 0.261 e. The molecule has 2 aromatic rings. The van der Waals surface area contributed by atoms with Gasteiger partial charge < -0.3 is 20.3 Å². The molecule has 0 unspecified atom stereocenters. The van der Waals surface area contributed by atoms with Crippen molar-refractivity contribution in [2.45, 2.75) is 0 Å². The van der Waals surface area contributed by atoms with Crippen LogP contribution in [0.4, 0.5) is 5.69 Å². The van der Waals surface area contributed by atoms with Gasteiger partial charge in [-0.2, -0.15) is 0 Å². The average molecular weight is 361 g/mol. The second kappa shape index (κ2) is 8.84. The molecule has 0 atom stereocenters. The Balaban J connectivity index is 1.79. The lowest BCUT2D eigenvalue weighted by atomic mass is 10.3. The van der Waals surface area contributed by atoms with E-state index in [2.05, 4.69) is 10.6 Å². The van der Waals surface area contributed by atoms with Crippen molar-refractivity contribution in [3.05, 3.63) is 46.7 Å². The van der Waals surface area contributed by atoms with Crippen molar-refractivity contribution in [2.24, 2.45) is 0 Å². The molecule has 0 radical (unpaired) electrons. The number of rotatable bonds is 7. The fourth-order valence-electron chi connectivity index (χ4n) is 1.99. The number of nitrogens with zero attached hydrogens (tertiary/aromatic N) is 1. The predicted molar refractivity (Wildman–Crippen MR) is 95.9 cm³/mol. The zero-order valence-electron chi connectivity index (χ0n) is 13.9. The van der Waals surface area contributed by atoms with Crippen LogP contribution in [-0.4, -0.2) is 49.9 Å². The van der Waals surface area contributed by atoms with Crippen molar-refractivity contribution in [2.75, 3.05) is 32.6 Å². The van der Waals surface area contributed by atoms with E-state index < -0.39 is 0 Å². The molecule has 0 fully saturated rings. The largest absolute Gasteiger partial charge is 0.497 e. The van der Waals surface area contributed by atoms with Crippen LogP contribution in [0.3, 0.4) is 0 Å². The number of amides is 3. The lowest BCUT2D eigenvalue weighted by Gasteiger charge is -2.17. The number of likely N-dealkylation sites (N-methyl/N-ethyl adjacent to an activating group) is 1. The highest BCUT2D eigenvalue weighted by Crippen LogP contribution is 2.16. The Morgan fingerprint density at radius 3 is 2.68 bits per heavy atom. The molecule has 0 saturated carbocycles. The normalized spacial score (nSPS) is 10.0. The Morgan fingerprint density at radius 1 is 1.20 bits per heavy atom. The van der Waals surface area contributed by atoms with E-state index in [1.165, 1.54) is 30.4 Å². The van der Waals surface area contributed by atoms with Crippen molar-refractivity contribution in [1.29, 1.82) is 0 Å². The quantitative estimate of drug-likeness (QED) is 0.784. The van der Waals surface area contributed by atoms with Gasteiger partial charge in [-0.3, -0.25) is 14.4 Å². The Morgan fingerprint density at radius 2 is 2.00 bits per heavy atom. The molecule has 3 amide bonds. The van der Waals surface area contributed by atoms with Gasteiger partial charge in [0, 0.05) is 18.8 Å². The highest BCUT2D eigenvalue weighted by molar-refractivity contribution is 7.12. The van der Waals surface area contributed by atoms with Crippen molar-refractivity contribution in [3.8, 4) is 5.75 Å². The highest BCUT2D eigenvalue weighted by Gasteiger charge is 2.15. The molecule has 0 saturated heterocycles. The molecular weight excluding hydrogens is 342 g/mol. The third-order valence-corrected chi connectivity index (χ3v) is 4.17. The van der Waals surface area contributed by atoms with E-state index in [4.69, 9.17) is 4.74 Å². The second-order valence-corrected chi connectivity index (χ2v) is 6.14. The van der Waals surface area contributed by atoms with Crippen LogP contribution >= 0.6 is 11.3 Å². The van der Waals surface area contributed by atoms with Crippen LogP contribution in [0.25, 0.3) is 0 Å². The Labute approximate surface area is 149 Å². The van der Waals surface area contributed by atoms with Crippen LogP contribution < -0.4 is 15.4 Å². The summed E-state index contributed by atoms with van der Waals surface area (Å²) in [6.07, 6.45) is 0. The summed E-state index contributed by atoms with van der Waals surface area (Å²) in [6, 6.07) is 10.4. The van der Waals surface area contributed by atoms with Gasteiger partial charge in [-0.05, 0) is 23.6 Å². The van der Waals surface area contributed by atoms with Crippen molar-refractivity contribution >= 4 is 34.7 Å². The zero-order chi connectivity index (χ0) is 18.2. The minimum absolute atomic E-state index is 0.120. The van der Waals surface area contributed by atoms with E-state index >= 15 is 0 Å². The first-order valence-electron chi connectivity index (χ1n) is 7.49. The number of carbonyl (C=O) groups is 3. The van der Waals surface area contributed by atoms with Crippen LogP contribution in [0.5, 0.6) is 5.75 Å². The first kappa shape index (κ1) is 18.5. The summed E-state index contributed by atoms with van der Waals surface area (Å²) >= 11 is 1.29. The summed E-state index contributed by atoms with van der Waals surface area (Å²) in [5.74, 6) is -0.379. The molecule has 0 aliphatic carbocycles. The number of methoxy groups -OCH3 is 1. The molecule has 7 nitrogen and oxygen atoms in total. The van der Waals surface area contributed by atoms with E-state index in [9.17, 15) is 14.4 Å². The van der Waals surface area contributed by atoms with Crippen molar-refractivity contribution < 1.29 is 19.1 Å². The maximum atomic E-state index is 12.0. The number of hydrogen-bond donors (Lipinski definition) is 2. The lowest BCUT2D eigenvalue weighted by Crippen LogP contribution is -2.41. The van der Waals surface area contributed by atoms with Crippen LogP contribution in [0.15, 0.2) is 41.8 Å². The van der Waals surface area contributed by atoms with Gasteiger partial charge in [0.1, 0.15) is 5.75 Å². The van der Waals surface area contributed by atoms with Gasteiger partial charge >= 0.3 is 0 Å². The molecule has 8 heteroatoms. The minimum atomic E-state index is -0.356. The fourth-order valence-corrected chi connectivity index (χ4v) is 2.63. The third kappa shape index (κ3) is 5.61. The number of thiophene rings is 1. The Bertz CT molecular complexity index is 746. The molecule has 0 aliphatic heterocycles. The third-order valence-electron chi connectivity index (χ3n) is 3.31. The molecule has 0 bridgehead atoms. The van der Waals surface area contributed by atoms with Gasteiger partial charge in [-0.25, -0.2) is 0 Å². The molecule has 0 aliphatic rings. The van der Waals surface area contributed by atoms with Gasteiger partial charge in [0.05, 0.1) is 25.1 Å². The number of carbonyl (C=O) groups excluding carboxylic acids is 3. The van der Waals surface area contributed by atoms with Gasteiger partial charge in [-0.15, -0.1) is 11.3 Å². The first-order chi connectivity index (χ1) is 12.0. The number of nitrogens with one attached hydrogen (secondary N) is 2. The number of benzene rings is 1. The van der Waals surface area contributed by atoms with Crippen LogP contribution in [0.1, 0.15) is 9.67 Å². The molecular formula is C17H19N3O4S. The topological polar surface area (TPSA) is 87.7 Å². The lowest BCUT2D eigenvalue weighted by molar-refractivity contribution is -0.132. The summed E-state index contributed by atoms with van der Waals surface area (Å²) in [7, 11) is 3.04. The molecule has 2 rings (SSSR count). The standard InChI is InChI=1S/C17H19N3O4S/c1-20(16(22)10-18-17(23)14-7-4-8-25-14)11-15(21)19-12-5-3-6-13(9-12)24-2/h3-9H,10-11H2,1-2H3,(H,18,23)(H,19,21). The van der Waals surface area contributed by atoms with E-state index in [0.717, 1.165) is 0 Å². The molecule has 0 spiro atoms. The highest BCUT2D eigenvalue weighted by atomic mass is 32.1. The summed E-state index contributed by atoms with van der Waals surface area (Å²) < 4.78 is 5.09. The summed E-state index contributed by atoms with van der Waals surface area (Å²) in [6.45, 7) is -0.287. The van der Waals surface area contributed by atoms with Crippen LogP contribution in [-0.2, 0) is 9.59 Å². The Hall–Kier alpha value is -2.87. The molecule has 132 valence electrons. The van der Waals surface area contributed by atoms with Gasteiger partial charge in [0.25, 0.3) is 5.91 Å². The van der Waals surface area contributed by atoms with E-state index in [1.807, 2.05) is 0 Å². The summed E-state index contributed by atoms with van der Waals surface area (Å²) in [5, 5.41) is 7.01. The van der Waals surface area contributed by atoms with Gasteiger partial charge in [0.15, 0.2) is 0 Å². The van der Waals surface area contributed by atoms with Crippen molar-refractivity contribution in [1.82, 2.24) is 10.2 Å². The second-order valence-electron chi connectivity index (χ2n) is 5.19. The molecule has 2 N–H and O–H groups in total. The summed E-state index contributed by atoms with van der Waals surface area (Å²) in [4.78, 5) is 37.6. The summed E-state index contributed by atoms with van der Waals surface area (Å²) in [5.41, 5.74) is 0.580. The smallest absolute Gasteiger partial charge is 0.261 e. The van der Waals surface area contributed by atoms with Crippen LogP contribution in [0.2, 0.25) is 0 Å². The van der Waals surface area contributed by atoms with Gasteiger partial charge in [0.2, 0.25) is 11.8 Å². The SMILES string of the molecule is COc1cccc(NC(=O)CN(C)C(=O)CNC(=O)c2cccs2)c1. The number of ether oxygens (including phenoxy) is 1. The van der Waals surface area contributed by atoms with E-state index in [-0.39, 0.29) is 30.8 Å². The first-order valence-corrected chi connectivity index (χ1v) is 8.37. The Kier molecular flexibility index (Phi) is 6.53. The molecule has 25 heavy (non-hydrogen) atoms. The fraction of sp³-hybridized carbons (Fsp3) is 0.235. The van der Waals surface area contributed by atoms with Crippen LogP contribution in [0, 0.1) is 0 Å². The molecule has 1 aromatic carbocycles. The van der Waals surface area contributed by atoms with Gasteiger partial charge in [-0.1, -0.05) is 12.1 Å². The average Bonchev–Trinajstić information content (AvgIpc) is 3.14.